The molecule has 0 aromatic rings. The number of hydrogen-bond donors (Lipinski definition) is 1. The van der Waals surface area contributed by atoms with E-state index < -0.39 is 11.5 Å². The molecule has 1 saturated heterocycles. The Bertz CT molecular complexity index is 179. The summed E-state index contributed by atoms with van der Waals surface area (Å²) in [6.45, 7) is 3.00. The second-order valence-electron chi connectivity index (χ2n) is 3.35. The highest BCUT2D eigenvalue weighted by Crippen LogP contribution is 2.32. The van der Waals surface area contributed by atoms with Crippen LogP contribution in [0, 0.1) is 16.7 Å². The molecule has 1 aliphatic heterocycles. The molecule has 2 unspecified atom stereocenters. The number of ether oxygens (including phenoxy) is 1. The van der Waals surface area contributed by atoms with Gasteiger partial charge in [-0.1, -0.05) is 6.92 Å². The monoisotopic (exact) mass is 169 g/mol. The molecular formula is C9H15NO2. The largest absolute Gasteiger partial charge is 0.391 e. The van der Waals surface area contributed by atoms with Gasteiger partial charge in [0.25, 0.3) is 0 Å². The second kappa shape index (κ2) is 3.88. The number of rotatable bonds is 2. The molecule has 2 atom stereocenters. The maximum atomic E-state index is 9.63. The first kappa shape index (κ1) is 9.50. The Hall–Kier alpha value is -0.590. The second-order valence-corrected chi connectivity index (χ2v) is 3.35. The molecule has 0 bridgehead atoms. The quantitative estimate of drug-likeness (QED) is 0.673. The first-order chi connectivity index (χ1) is 5.75. The predicted molar refractivity (Wildman–Crippen MR) is 44.4 cm³/mol. The van der Waals surface area contributed by atoms with Crippen LogP contribution in [0.5, 0.6) is 0 Å². The van der Waals surface area contributed by atoms with Crippen molar-refractivity contribution < 1.29 is 9.84 Å². The van der Waals surface area contributed by atoms with Crippen LogP contribution < -0.4 is 0 Å². The minimum absolute atomic E-state index is 0.387. The van der Waals surface area contributed by atoms with Crippen molar-refractivity contribution >= 4 is 0 Å². The fourth-order valence-electron chi connectivity index (χ4n) is 1.63. The molecule has 68 valence electrons. The van der Waals surface area contributed by atoms with Gasteiger partial charge in [0.05, 0.1) is 18.8 Å². The minimum Gasteiger partial charge on any atom is -0.391 e. The highest BCUT2D eigenvalue weighted by molar-refractivity contribution is 5.04. The summed E-state index contributed by atoms with van der Waals surface area (Å²) in [6, 6.07) is 2.19. The van der Waals surface area contributed by atoms with Crippen LogP contribution in [-0.2, 0) is 4.74 Å². The van der Waals surface area contributed by atoms with Gasteiger partial charge in [0.1, 0.15) is 5.41 Å². The van der Waals surface area contributed by atoms with E-state index in [0.717, 1.165) is 19.4 Å². The van der Waals surface area contributed by atoms with Gasteiger partial charge >= 0.3 is 0 Å². The van der Waals surface area contributed by atoms with Gasteiger partial charge in [-0.3, -0.25) is 0 Å². The molecule has 3 heteroatoms. The first-order valence-corrected chi connectivity index (χ1v) is 4.42. The third-order valence-electron chi connectivity index (χ3n) is 2.52. The van der Waals surface area contributed by atoms with Crippen molar-refractivity contribution in [3.8, 4) is 6.07 Å². The van der Waals surface area contributed by atoms with Crippen molar-refractivity contribution in [3.05, 3.63) is 0 Å². The van der Waals surface area contributed by atoms with Crippen LogP contribution in [0.3, 0.4) is 0 Å². The van der Waals surface area contributed by atoms with E-state index in [1.165, 1.54) is 0 Å². The van der Waals surface area contributed by atoms with Crippen molar-refractivity contribution in [1.29, 1.82) is 5.26 Å². The average molecular weight is 169 g/mol. The Morgan fingerprint density at radius 1 is 1.75 bits per heavy atom. The number of aliphatic hydroxyl groups is 1. The average Bonchev–Trinajstić information content (AvgIpc) is 2.17. The lowest BCUT2D eigenvalue weighted by Crippen LogP contribution is -2.40. The van der Waals surface area contributed by atoms with Crippen LogP contribution in [0.4, 0.5) is 0 Å². The molecule has 0 spiro atoms. The molecule has 0 saturated carbocycles. The molecule has 1 fully saturated rings. The van der Waals surface area contributed by atoms with E-state index in [1.807, 2.05) is 6.92 Å². The van der Waals surface area contributed by atoms with Crippen molar-refractivity contribution in [2.75, 3.05) is 13.2 Å². The lowest BCUT2D eigenvalue weighted by molar-refractivity contribution is -0.0499. The van der Waals surface area contributed by atoms with Crippen LogP contribution in [0.2, 0.25) is 0 Å². The Morgan fingerprint density at radius 3 is 2.92 bits per heavy atom. The summed E-state index contributed by atoms with van der Waals surface area (Å²) in [5, 5.41) is 18.6. The van der Waals surface area contributed by atoms with E-state index in [-0.39, 0.29) is 0 Å². The molecule has 0 aromatic heterocycles. The molecule has 0 amide bonds. The zero-order valence-corrected chi connectivity index (χ0v) is 7.42. The predicted octanol–water partition coefficient (Wildman–Crippen LogP) is 1.08. The molecule has 1 heterocycles. The molecule has 0 radical (unpaired) electrons. The van der Waals surface area contributed by atoms with Crippen molar-refractivity contribution in [2.24, 2.45) is 5.41 Å². The Kier molecular flexibility index (Phi) is 3.07. The van der Waals surface area contributed by atoms with Crippen LogP contribution in [-0.4, -0.2) is 24.4 Å². The normalized spacial score (nSPS) is 32.4. The van der Waals surface area contributed by atoms with Gasteiger partial charge in [0, 0.05) is 6.61 Å². The third-order valence-corrected chi connectivity index (χ3v) is 2.52. The van der Waals surface area contributed by atoms with Gasteiger partial charge in [-0.2, -0.15) is 5.26 Å². The summed E-state index contributed by atoms with van der Waals surface area (Å²) in [5.41, 5.74) is -0.632. The van der Waals surface area contributed by atoms with Crippen molar-refractivity contribution in [1.82, 2.24) is 0 Å². The zero-order chi connectivity index (χ0) is 9.03. The molecule has 12 heavy (non-hydrogen) atoms. The molecule has 1 N–H and O–H groups in total. The SMILES string of the molecule is CCC(O)C1(C#N)CCCOC1. The number of hydrogen-bond acceptors (Lipinski definition) is 3. The zero-order valence-electron chi connectivity index (χ0n) is 7.42. The number of aliphatic hydroxyl groups excluding tert-OH is 1. The third kappa shape index (κ3) is 1.60. The van der Waals surface area contributed by atoms with Gasteiger partial charge in [-0.25, -0.2) is 0 Å². The van der Waals surface area contributed by atoms with E-state index in [0.29, 0.717) is 13.0 Å². The molecular weight excluding hydrogens is 154 g/mol. The summed E-state index contributed by atoms with van der Waals surface area (Å²) >= 11 is 0. The van der Waals surface area contributed by atoms with E-state index in [4.69, 9.17) is 10.00 Å². The summed E-state index contributed by atoms with van der Waals surface area (Å²) in [4.78, 5) is 0. The van der Waals surface area contributed by atoms with Gasteiger partial charge in [0.2, 0.25) is 0 Å². The van der Waals surface area contributed by atoms with E-state index in [2.05, 4.69) is 6.07 Å². The van der Waals surface area contributed by atoms with Crippen LogP contribution >= 0.6 is 0 Å². The topological polar surface area (TPSA) is 53.2 Å². The lowest BCUT2D eigenvalue weighted by Gasteiger charge is -2.34. The summed E-state index contributed by atoms with van der Waals surface area (Å²) in [6.07, 6.45) is 1.72. The van der Waals surface area contributed by atoms with Gasteiger partial charge in [0.15, 0.2) is 0 Å². The smallest absolute Gasteiger partial charge is 0.106 e. The molecule has 1 rings (SSSR count). The fourth-order valence-corrected chi connectivity index (χ4v) is 1.63. The van der Waals surface area contributed by atoms with Crippen LogP contribution in [0.25, 0.3) is 0 Å². The number of nitriles is 1. The van der Waals surface area contributed by atoms with Crippen LogP contribution in [0.15, 0.2) is 0 Å². The maximum Gasteiger partial charge on any atom is 0.106 e. The maximum absolute atomic E-state index is 9.63. The van der Waals surface area contributed by atoms with Gasteiger partial charge < -0.3 is 9.84 Å². The van der Waals surface area contributed by atoms with Crippen molar-refractivity contribution in [2.45, 2.75) is 32.3 Å². The van der Waals surface area contributed by atoms with Crippen LogP contribution in [0.1, 0.15) is 26.2 Å². The standard InChI is InChI=1S/C9H15NO2/c1-2-8(11)9(6-10)4-3-5-12-7-9/h8,11H,2-5,7H2,1H3. The fraction of sp³-hybridized carbons (Fsp3) is 0.889. The molecule has 1 aliphatic rings. The first-order valence-electron chi connectivity index (χ1n) is 4.42. The Morgan fingerprint density at radius 2 is 2.50 bits per heavy atom. The van der Waals surface area contributed by atoms with Crippen molar-refractivity contribution in [3.63, 3.8) is 0 Å². The summed E-state index contributed by atoms with van der Waals surface area (Å²) in [5.74, 6) is 0. The highest BCUT2D eigenvalue weighted by atomic mass is 16.5. The van der Waals surface area contributed by atoms with E-state index in [1.54, 1.807) is 0 Å². The Labute approximate surface area is 73.0 Å². The van der Waals surface area contributed by atoms with E-state index in [9.17, 15) is 5.11 Å². The van der Waals surface area contributed by atoms with Gasteiger partial charge in [-0.05, 0) is 19.3 Å². The molecule has 0 aliphatic carbocycles. The van der Waals surface area contributed by atoms with E-state index >= 15 is 0 Å². The lowest BCUT2D eigenvalue weighted by atomic mass is 9.78. The molecule has 3 nitrogen and oxygen atoms in total. The summed E-state index contributed by atoms with van der Waals surface area (Å²) < 4.78 is 5.22. The van der Waals surface area contributed by atoms with Gasteiger partial charge in [-0.15, -0.1) is 0 Å². The minimum atomic E-state index is -0.632. The Balaban J connectivity index is 2.67. The molecule has 0 aromatic carbocycles. The highest BCUT2D eigenvalue weighted by Gasteiger charge is 2.39. The summed E-state index contributed by atoms with van der Waals surface area (Å²) in [7, 11) is 0. The number of nitrogens with zero attached hydrogens (tertiary/aromatic N) is 1.